The highest BCUT2D eigenvalue weighted by Gasteiger charge is 2.20. The number of anilines is 1. The summed E-state index contributed by atoms with van der Waals surface area (Å²) in [6.07, 6.45) is 0. The minimum Gasteiger partial charge on any atom is -0.494 e. The molecule has 4 aromatic rings. The molecule has 7 nitrogen and oxygen atoms in total. The number of para-hydroxylation sites is 1. The molecule has 0 aliphatic heterocycles. The average Bonchev–Trinajstić information content (AvgIpc) is 3.30. The van der Waals surface area contributed by atoms with Crippen molar-refractivity contribution in [3.05, 3.63) is 89.7 Å². The van der Waals surface area contributed by atoms with Gasteiger partial charge in [0, 0.05) is 11.4 Å². The summed E-state index contributed by atoms with van der Waals surface area (Å²) in [5.41, 5.74) is 3.85. The Kier molecular flexibility index (Phi) is 8.73. The van der Waals surface area contributed by atoms with Gasteiger partial charge in [-0.15, -0.1) is 10.2 Å². The fraction of sp³-hybridized carbons (Fsp3) is 0.300. The number of carbonyl (C=O) groups is 1. The van der Waals surface area contributed by atoms with Gasteiger partial charge in [0.2, 0.25) is 5.91 Å². The largest absolute Gasteiger partial charge is 0.494 e. The van der Waals surface area contributed by atoms with Gasteiger partial charge in [-0.25, -0.2) is 0 Å². The first-order valence-corrected chi connectivity index (χ1v) is 13.6. The number of benzene rings is 3. The molecule has 1 N–H and O–H groups in total. The number of amides is 1. The number of aromatic nitrogens is 3. The van der Waals surface area contributed by atoms with Crippen molar-refractivity contribution in [2.45, 2.75) is 51.8 Å². The van der Waals surface area contributed by atoms with Crippen molar-refractivity contribution < 1.29 is 14.3 Å². The SMILES string of the molecule is CCOc1ccc(-n2c(COc3ccc(C)cc3)nnc2SCC(=O)Nc2ccccc2C(C)(C)C)cc1. The van der Waals surface area contributed by atoms with E-state index in [4.69, 9.17) is 9.47 Å². The van der Waals surface area contributed by atoms with Gasteiger partial charge in [-0.3, -0.25) is 9.36 Å². The zero-order valence-electron chi connectivity index (χ0n) is 22.5. The number of rotatable bonds is 10. The Hall–Kier alpha value is -3.78. The molecule has 1 heterocycles. The van der Waals surface area contributed by atoms with Crippen molar-refractivity contribution in [2.75, 3.05) is 17.7 Å². The van der Waals surface area contributed by atoms with Crippen LogP contribution in [0.25, 0.3) is 5.69 Å². The van der Waals surface area contributed by atoms with Gasteiger partial charge in [-0.1, -0.05) is 68.4 Å². The van der Waals surface area contributed by atoms with Gasteiger partial charge in [0.05, 0.1) is 12.4 Å². The molecule has 4 rings (SSSR count). The van der Waals surface area contributed by atoms with Crippen LogP contribution in [0.15, 0.2) is 78.0 Å². The Morgan fingerprint density at radius 3 is 2.26 bits per heavy atom. The Bertz CT molecular complexity index is 1360. The third-order valence-corrected chi connectivity index (χ3v) is 6.77. The van der Waals surface area contributed by atoms with E-state index in [1.807, 2.05) is 91.2 Å². The average molecular weight is 531 g/mol. The maximum absolute atomic E-state index is 12.9. The monoisotopic (exact) mass is 530 g/mol. The van der Waals surface area contributed by atoms with Crippen molar-refractivity contribution in [2.24, 2.45) is 0 Å². The van der Waals surface area contributed by atoms with Crippen molar-refractivity contribution in [1.82, 2.24) is 14.8 Å². The van der Waals surface area contributed by atoms with Crippen molar-refractivity contribution >= 4 is 23.4 Å². The summed E-state index contributed by atoms with van der Waals surface area (Å²) in [6.45, 7) is 11.2. The molecule has 0 fully saturated rings. The highest BCUT2D eigenvalue weighted by atomic mass is 32.2. The van der Waals surface area contributed by atoms with E-state index in [1.54, 1.807) is 0 Å². The molecule has 0 aliphatic rings. The fourth-order valence-electron chi connectivity index (χ4n) is 3.95. The first-order chi connectivity index (χ1) is 18.2. The van der Waals surface area contributed by atoms with Gasteiger partial charge in [0.1, 0.15) is 18.1 Å². The molecule has 1 amide bonds. The lowest BCUT2D eigenvalue weighted by Crippen LogP contribution is -2.20. The molecule has 8 heteroatoms. The summed E-state index contributed by atoms with van der Waals surface area (Å²) < 4.78 is 13.5. The fourth-order valence-corrected chi connectivity index (χ4v) is 4.72. The molecular weight excluding hydrogens is 496 g/mol. The Morgan fingerprint density at radius 1 is 0.921 bits per heavy atom. The lowest BCUT2D eigenvalue weighted by Gasteiger charge is -2.23. The Balaban J connectivity index is 1.53. The van der Waals surface area contributed by atoms with Crippen LogP contribution < -0.4 is 14.8 Å². The summed E-state index contributed by atoms with van der Waals surface area (Å²) in [4.78, 5) is 12.9. The Labute approximate surface area is 228 Å². The minimum absolute atomic E-state index is 0.0861. The highest BCUT2D eigenvalue weighted by molar-refractivity contribution is 7.99. The van der Waals surface area contributed by atoms with Gasteiger partial charge in [0.25, 0.3) is 0 Å². The van der Waals surface area contributed by atoms with E-state index in [1.165, 1.54) is 11.8 Å². The number of hydrogen-bond acceptors (Lipinski definition) is 6. The zero-order chi connectivity index (χ0) is 27.1. The second kappa shape index (κ2) is 12.2. The molecule has 38 heavy (non-hydrogen) atoms. The molecular formula is C30H34N4O3S. The van der Waals surface area contributed by atoms with Gasteiger partial charge in [0.15, 0.2) is 11.0 Å². The maximum Gasteiger partial charge on any atom is 0.234 e. The van der Waals surface area contributed by atoms with Crippen molar-refractivity contribution in [3.63, 3.8) is 0 Å². The summed E-state index contributed by atoms with van der Waals surface area (Å²) in [5, 5.41) is 12.5. The van der Waals surface area contributed by atoms with E-state index in [0.29, 0.717) is 17.6 Å². The number of ether oxygens (including phenoxy) is 2. The maximum atomic E-state index is 12.9. The van der Waals surface area contributed by atoms with Crippen LogP contribution >= 0.6 is 11.8 Å². The van der Waals surface area contributed by atoms with Crippen LogP contribution in [0.3, 0.4) is 0 Å². The second-order valence-corrected chi connectivity index (χ2v) is 10.8. The molecule has 0 radical (unpaired) electrons. The molecule has 0 unspecified atom stereocenters. The summed E-state index contributed by atoms with van der Waals surface area (Å²) in [7, 11) is 0. The first-order valence-electron chi connectivity index (χ1n) is 12.6. The van der Waals surface area contributed by atoms with Crippen LogP contribution in [0.4, 0.5) is 5.69 Å². The summed E-state index contributed by atoms with van der Waals surface area (Å²) >= 11 is 1.33. The van der Waals surface area contributed by atoms with Crippen LogP contribution in [0, 0.1) is 6.92 Å². The molecule has 0 saturated heterocycles. The quantitative estimate of drug-likeness (QED) is 0.233. The van der Waals surface area contributed by atoms with E-state index in [9.17, 15) is 4.79 Å². The van der Waals surface area contributed by atoms with E-state index in [-0.39, 0.29) is 23.7 Å². The zero-order valence-corrected chi connectivity index (χ0v) is 23.3. The summed E-state index contributed by atoms with van der Waals surface area (Å²) in [6, 6.07) is 23.5. The topological polar surface area (TPSA) is 78.3 Å². The normalized spacial score (nSPS) is 11.3. The number of nitrogens with one attached hydrogen (secondary N) is 1. The van der Waals surface area contributed by atoms with E-state index in [2.05, 4.69) is 36.3 Å². The van der Waals surface area contributed by atoms with Crippen LogP contribution in [-0.2, 0) is 16.8 Å². The lowest BCUT2D eigenvalue weighted by atomic mass is 9.86. The molecule has 0 spiro atoms. The number of hydrogen-bond donors (Lipinski definition) is 1. The molecule has 0 saturated carbocycles. The number of nitrogens with zero attached hydrogens (tertiary/aromatic N) is 3. The first kappa shape index (κ1) is 27.3. The molecule has 198 valence electrons. The van der Waals surface area contributed by atoms with Gasteiger partial charge in [-0.05, 0) is 67.3 Å². The predicted molar refractivity (Wildman–Crippen MR) is 153 cm³/mol. The standard InChI is InChI=1S/C30H34N4O3S/c1-6-36-23-17-13-22(14-18-23)34-27(19-37-24-15-11-21(2)12-16-24)32-33-29(34)38-20-28(35)31-26-10-8-7-9-25(26)30(3,4)5/h7-18H,6,19-20H2,1-5H3,(H,31,35). The molecule has 1 aromatic heterocycles. The van der Waals surface area contributed by atoms with Crippen molar-refractivity contribution in [3.8, 4) is 17.2 Å². The smallest absolute Gasteiger partial charge is 0.234 e. The molecule has 3 aromatic carbocycles. The lowest BCUT2D eigenvalue weighted by molar-refractivity contribution is -0.113. The van der Waals surface area contributed by atoms with Crippen LogP contribution in [0.2, 0.25) is 0 Å². The number of carbonyl (C=O) groups excluding carboxylic acids is 1. The van der Waals surface area contributed by atoms with E-state index >= 15 is 0 Å². The van der Waals surface area contributed by atoms with Gasteiger partial charge < -0.3 is 14.8 Å². The van der Waals surface area contributed by atoms with E-state index < -0.39 is 0 Å². The van der Waals surface area contributed by atoms with Crippen LogP contribution in [-0.4, -0.2) is 33.0 Å². The number of thioether (sulfide) groups is 1. The minimum atomic E-state index is -0.106. The van der Waals surface area contributed by atoms with Gasteiger partial charge >= 0.3 is 0 Å². The van der Waals surface area contributed by atoms with E-state index in [0.717, 1.165) is 34.0 Å². The molecule has 0 aliphatic carbocycles. The Morgan fingerprint density at radius 2 is 1.58 bits per heavy atom. The van der Waals surface area contributed by atoms with Gasteiger partial charge in [-0.2, -0.15) is 0 Å². The van der Waals surface area contributed by atoms with Crippen LogP contribution in [0.5, 0.6) is 11.5 Å². The summed E-state index contributed by atoms with van der Waals surface area (Å²) in [5.74, 6) is 2.25. The second-order valence-electron chi connectivity index (χ2n) is 9.90. The number of aryl methyl sites for hydroxylation is 1. The third-order valence-electron chi connectivity index (χ3n) is 5.84. The predicted octanol–water partition coefficient (Wildman–Crippen LogP) is 6.58. The van der Waals surface area contributed by atoms with Crippen molar-refractivity contribution in [1.29, 1.82) is 0 Å². The highest BCUT2D eigenvalue weighted by Crippen LogP contribution is 2.30. The molecule has 0 bridgehead atoms. The van der Waals surface area contributed by atoms with Crippen LogP contribution in [0.1, 0.15) is 44.6 Å². The molecule has 0 atom stereocenters. The third kappa shape index (κ3) is 6.95.